The number of rotatable bonds is 2. The van der Waals surface area contributed by atoms with Crippen molar-refractivity contribution in [2.45, 2.75) is 39.3 Å². The molecule has 5 heteroatoms. The maximum Gasteiger partial charge on any atom is 0.407 e. The Labute approximate surface area is 89.6 Å². The van der Waals surface area contributed by atoms with Crippen molar-refractivity contribution in [2.24, 2.45) is 5.92 Å². The highest BCUT2D eigenvalue weighted by molar-refractivity contribution is 5.86. The summed E-state index contributed by atoms with van der Waals surface area (Å²) in [5.74, 6) is -0.143. The average Bonchev–Trinajstić information content (AvgIpc) is 2.00. The van der Waals surface area contributed by atoms with E-state index in [4.69, 9.17) is 4.74 Å². The zero-order valence-corrected chi connectivity index (χ0v) is 9.59. The standard InChI is InChI=1S/C10H18N2O3/c1-6-7(8(13)12-6)5-11-9(14)15-10(2,3)4/h6-7H,5H2,1-4H3,(H,11,14)(H,12,13)/t6-,7?/m0/s1. The van der Waals surface area contributed by atoms with Crippen molar-refractivity contribution in [3.63, 3.8) is 0 Å². The molecular formula is C10H18N2O3. The van der Waals surface area contributed by atoms with Gasteiger partial charge in [-0.15, -0.1) is 0 Å². The molecule has 0 radical (unpaired) electrons. The monoisotopic (exact) mass is 214 g/mol. The van der Waals surface area contributed by atoms with Crippen LogP contribution >= 0.6 is 0 Å². The second-order valence-corrected chi connectivity index (χ2v) is 4.79. The van der Waals surface area contributed by atoms with Crippen molar-refractivity contribution < 1.29 is 14.3 Å². The van der Waals surface area contributed by atoms with E-state index < -0.39 is 11.7 Å². The molecule has 1 heterocycles. The number of carbonyl (C=O) groups is 2. The topological polar surface area (TPSA) is 67.4 Å². The molecule has 15 heavy (non-hydrogen) atoms. The van der Waals surface area contributed by atoms with Gasteiger partial charge in [-0.2, -0.15) is 0 Å². The average molecular weight is 214 g/mol. The Morgan fingerprint density at radius 2 is 2.13 bits per heavy atom. The molecule has 1 rings (SSSR count). The summed E-state index contributed by atoms with van der Waals surface area (Å²) >= 11 is 0. The zero-order valence-electron chi connectivity index (χ0n) is 9.59. The molecule has 1 unspecified atom stereocenters. The van der Waals surface area contributed by atoms with Crippen LogP contribution in [0.4, 0.5) is 4.79 Å². The summed E-state index contributed by atoms with van der Waals surface area (Å²) in [7, 11) is 0. The fourth-order valence-electron chi connectivity index (χ4n) is 1.34. The van der Waals surface area contributed by atoms with Crippen molar-refractivity contribution in [1.29, 1.82) is 0 Å². The van der Waals surface area contributed by atoms with Gasteiger partial charge in [0.1, 0.15) is 5.60 Å². The smallest absolute Gasteiger partial charge is 0.407 e. The van der Waals surface area contributed by atoms with Crippen molar-refractivity contribution >= 4 is 12.0 Å². The first-order valence-corrected chi connectivity index (χ1v) is 5.07. The first-order chi connectivity index (χ1) is 6.79. The summed E-state index contributed by atoms with van der Waals surface area (Å²) in [6.07, 6.45) is -0.477. The van der Waals surface area contributed by atoms with Gasteiger partial charge in [-0.3, -0.25) is 4.79 Å². The van der Waals surface area contributed by atoms with Crippen LogP contribution in [-0.2, 0) is 9.53 Å². The molecule has 2 N–H and O–H groups in total. The van der Waals surface area contributed by atoms with Gasteiger partial charge in [0.2, 0.25) is 5.91 Å². The van der Waals surface area contributed by atoms with E-state index in [1.54, 1.807) is 20.8 Å². The minimum Gasteiger partial charge on any atom is -0.444 e. The summed E-state index contributed by atoms with van der Waals surface area (Å²) in [6.45, 7) is 7.63. The highest BCUT2D eigenvalue weighted by Crippen LogP contribution is 2.13. The minimum atomic E-state index is -0.502. The Bertz CT molecular complexity index is 270. The van der Waals surface area contributed by atoms with E-state index in [0.29, 0.717) is 6.54 Å². The van der Waals surface area contributed by atoms with E-state index in [0.717, 1.165) is 0 Å². The lowest BCUT2D eigenvalue weighted by Crippen LogP contribution is -2.60. The molecule has 0 aliphatic carbocycles. The zero-order chi connectivity index (χ0) is 11.6. The Hall–Kier alpha value is -1.26. The molecule has 0 spiro atoms. The fraction of sp³-hybridized carbons (Fsp3) is 0.800. The lowest BCUT2D eigenvalue weighted by atomic mass is 9.92. The third-order valence-corrected chi connectivity index (χ3v) is 2.18. The predicted octanol–water partition coefficient (Wildman–Crippen LogP) is 0.646. The summed E-state index contributed by atoms with van der Waals surface area (Å²) in [5, 5.41) is 5.28. The fourth-order valence-corrected chi connectivity index (χ4v) is 1.34. The molecule has 2 amide bonds. The molecule has 0 saturated carbocycles. The number of hydrogen-bond donors (Lipinski definition) is 2. The molecule has 0 bridgehead atoms. The Balaban J connectivity index is 2.25. The third-order valence-electron chi connectivity index (χ3n) is 2.18. The third kappa shape index (κ3) is 3.42. The maximum absolute atomic E-state index is 11.3. The summed E-state index contributed by atoms with van der Waals surface area (Å²) in [4.78, 5) is 22.3. The number of β-lactam (4-membered cyclic amide) rings is 1. The predicted molar refractivity (Wildman–Crippen MR) is 55.3 cm³/mol. The molecule has 5 nitrogen and oxygen atoms in total. The largest absolute Gasteiger partial charge is 0.444 e. The van der Waals surface area contributed by atoms with Gasteiger partial charge in [-0.25, -0.2) is 4.79 Å². The van der Waals surface area contributed by atoms with E-state index in [2.05, 4.69) is 10.6 Å². The van der Waals surface area contributed by atoms with Gasteiger partial charge in [0.25, 0.3) is 0 Å². The van der Waals surface area contributed by atoms with Crippen molar-refractivity contribution in [3.8, 4) is 0 Å². The number of carbonyl (C=O) groups excluding carboxylic acids is 2. The number of nitrogens with one attached hydrogen (secondary N) is 2. The lowest BCUT2D eigenvalue weighted by Gasteiger charge is -2.34. The second-order valence-electron chi connectivity index (χ2n) is 4.79. The summed E-state index contributed by atoms with van der Waals surface area (Å²) < 4.78 is 5.05. The van der Waals surface area contributed by atoms with Crippen molar-refractivity contribution in [3.05, 3.63) is 0 Å². The molecule has 0 aromatic rings. The van der Waals surface area contributed by atoms with Crippen LogP contribution in [-0.4, -0.2) is 30.2 Å². The SMILES string of the molecule is C[C@@H]1NC(=O)C1CNC(=O)OC(C)(C)C. The van der Waals surface area contributed by atoms with Crippen LogP contribution in [0.5, 0.6) is 0 Å². The van der Waals surface area contributed by atoms with Gasteiger partial charge in [0, 0.05) is 12.6 Å². The minimum absolute atomic E-state index is 0.0152. The van der Waals surface area contributed by atoms with Gasteiger partial charge in [0.15, 0.2) is 0 Å². The molecule has 0 aromatic heterocycles. The molecule has 1 aliphatic rings. The van der Waals surface area contributed by atoms with E-state index in [1.807, 2.05) is 6.92 Å². The van der Waals surface area contributed by atoms with E-state index in [1.165, 1.54) is 0 Å². The van der Waals surface area contributed by atoms with Gasteiger partial charge < -0.3 is 15.4 Å². The van der Waals surface area contributed by atoms with Crippen LogP contribution < -0.4 is 10.6 Å². The molecule has 1 aliphatic heterocycles. The number of alkyl carbamates (subject to hydrolysis) is 1. The quantitative estimate of drug-likeness (QED) is 0.663. The normalized spacial score (nSPS) is 25.2. The number of hydrogen-bond acceptors (Lipinski definition) is 3. The van der Waals surface area contributed by atoms with E-state index >= 15 is 0 Å². The second kappa shape index (κ2) is 4.08. The Kier molecular flexibility index (Phi) is 3.21. The van der Waals surface area contributed by atoms with Gasteiger partial charge in [0.05, 0.1) is 5.92 Å². The maximum atomic E-state index is 11.3. The van der Waals surface area contributed by atoms with Crippen LogP contribution in [0.15, 0.2) is 0 Å². The van der Waals surface area contributed by atoms with Crippen LogP contribution in [0.2, 0.25) is 0 Å². The highest BCUT2D eigenvalue weighted by Gasteiger charge is 2.35. The highest BCUT2D eigenvalue weighted by atomic mass is 16.6. The Morgan fingerprint density at radius 1 is 1.53 bits per heavy atom. The van der Waals surface area contributed by atoms with Gasteiger partial charge in [-0.05, 0) is 27.7 Å². The lowest BCUT2D eigenvalue weighted by molar-refractivity contribution is -0.134. The molecule has 86 valence electrons. The van der Waals surface area contributed by atoms with Crippen LogP contribution in [0, 0.1) is 5.92 Å². The molecular weight excluding hydrogens is 196 g/mol. The first kappa shape index (κ1) is 11.8. The number of ether oxygens (including phenoxy) is 1. The van der Waals surface area contributed by atoms with E-state index in [-0.39, 0.29) is 17.9 Å². The van der Waals surface area contributed by atoms with Gasteiger partial charge in [-0.1, -0.05) is 0 Å². The van der Waals surface area contributed by atoms with Crippen molar-refractivity contribution in [1.82, 2.24) is 10.6 Å². The van der Waals surface area contributed by atoms with E-state index in [9.17, 15) is 9.59 Å². The van der Waals surface area contributed by atoms with Crippen molar-refractivity contribution in [2.75, 3.05) is 6.54 Å². The van der Waals surface area contributed by atoms with Crippen LogP contribution in [0.1, 0.15) is 27.7 Å². The van der Waals surface area contributed by atoms with Crippen LogP contribution in [0.3, 0.4) is 0 Å². The molecule has 2 atom stereocenters. The summed E-state index contributed by atoms with van der Waals surface area (Å²) in [6, 6.07) is 0.132. The first-order valence-electron chi connectivity index (χ1n) is 5.07. The molecule has 0 aromatic carbocycles. The molecule has 1 fully saturated rings. The summed E-state index contributed by atoms with van der Waals surface area (Å²) in [5.41, 5.74) is -0.502. The van der Waals surface area contributed by atoms with Crippen LogP contribution in [0.25, 0.3) is 0 Å². The molecule has 1 saturated heterocycles. The van der Waals surface area contributed by atoms with Gasteiger partial charge >= 0.3 is 6.09 Å². The Morgan fingerprint density at radius 3 is 2.53 bits per heavy atom. The number of amides is 2.